The van der Waals surface area contributed by atoms with Gasteiger partial charge in [-0.1, -0.05) is 37.1 Å². The summed E-state index contributed by atoms with van der Waals surface area (Å²) in [6.45, 7) is 25.0. The number of nitrogens with one attached hydrogen (secondary N) is 2. The molecule has 0 atom stereocenters. The van der Waals surface area contributed by atoms with E-state index in [0.717, 1.165) is 54.1 Å². The number of rotatable bonds is 8. The molecule has 5 nitrogen and oxygen atoms in total. The highest BCUT2D eigenvalue weighted by molar-refractivity contribution is 5.82. The average molecular weight is 511 g/mol. The summed E-state index contributed by atoms with van der Waals surface area (Å²) in [5.74, 6) is 2.55. The van der Waals surface area contributed by atoms with Crippen LogP contribution in [0, 0.1) is 6.92 Å². The molecule has 1 aromatic carbocycles. The van der Waals surface area contributed by atoms with Crippen LogP contribution in [-0.2, 0) is 4.74 Å². The maximum atomic E-state index is 5.51. The largest absolute Gasteiger partial charge is 0.501 e. The van der Waals surface area contributed by atoms with Crippen LogP contribution in [-0.4, -0.2) is 55.2 Å². The van der Waals surface area contributed by atoms with Crippen molar-refractivity contribution in [3.8, 4) is 0 Å². The molecule has 0 spiro atoms. The molecule has 1 aliphatic heterocycles. The van der Waals surface area contributed by atoms with Crippen molar-refractivity contribution in [3.63, 3.8) is 0 Å². The van der Waals surface area contributed by atoms with Crippen LogP contribution >= 0.6 is 0 Å². The Morgan fingerprint density at radius 3 is 2.19 bits per heavy atom. The molecule has 1 saturated heterocycles. The molecule has 0 saturated carbocycles. The Kier molecular flexibility index (Phi) is 15.2. The van der Waals surface area contributed by atoms with Gasteiger partial charge >= 0.3 is 0 Å². The van der Waals surface area contributed by atoms with Crippen LogP contribution in [0.4, 0.5) is 0 Å². The second-order valence-corrected chi connectivity index (χ2v) is 10.3. The van der Waals surface area contributed by atoms with E-state index in [0.29, 0.717) is 5.92 Å². The summed E-state index contributed by atoms with van der Waals surface area (Å²) >= 11 is 0. The highest BCUT2D eigenvalue weighted by atomic mass is 16.5. The van der Waals surface area contributed by atoms with Gasteiger partial charge in [0.1, 0.15) is 11.6 Å². The molecular formula is C32H54N4O. The summed E-state index contributed by atoms with van der Waals surface area (Å²) in [5, 5.41) is 3.25. The van der Waals surface area contributed by atoms with Crippen LogP contribution in [0.3, 0.4) is 0 Å². The smallest absolute Gasteiger partial charge is 0.137 e. The maximum Gasteiger partial charge on any atom is 0.137 e. The number of H-pyrrole nitrogens is 1. The van der Waals surface area contributed by atoms with E-state index in [-0.39, 0.29) is 0 Å². The number of aromatic amines is 1. The maximum absolute atomic E-state index is 5.51. The molecule has 2 heterocycles. The minimum absolute atomic E-state index is 0.646. The van der Waals surface area contributed by atoms with Crippen molar-refractivity contribution in [3.05, 3.63) is 58.6 Å². The number of imidazole rings is 1. The summed E-state index contributed by atoms with van der Waals surface area (Å²) in [6, 6.07) is 4.66. The van der Waals surface area contributed by atoms with Gasteiger partial charge in [0.2, 0.25) is 0 Å². The molecule has 5 heteroatoms. The summed E-state index contributed by atoms with van der Waals surface area (Å²) in [5.41, 5.74) is 8.87. The Morgan fingerprint density at radius 2 is 1.73 bits per heavy atom. The van der Waals surface area contributed by atoms with Crippen LogP contribution < -0.4 is 5.32 Å². The fraction of sp³-hybridized carbons (Fsp3) is 0.594. The number of aromatic nitrogens is 2. The predicted octanol–water partition coefficient (Wildman–Crippen LogP) is 8.00. The number of fused-ring (bicyclic) bond motifs is 1. The van der Waals surface area contributed by atoms with E-state index < -0.39 is 0 Å². The van der Waals surface area contributed by atoms with E-state index >= 15 is 0 Å². The number of hydrogen-bond acceptors (Lipinski definition) is 4. The fourth-order valence-electron chi connectivity index (χ4n) is 4.19. The molecule has 2 aromatic rings. The normalized spacial score (nSPS) is 14.6. The highest BCUT2D eigenvalue weighted by Crippen LogP contribution is 2.32. The van der Waals surface area contributed by atoms with Gasteiger partial charge in [-0.15, -0.1) is 6.58 Å². The van der Waals surface area contributed by atoms with Gasteiger partial charge in [-0.05, 0) is 104 Å². The Labute approximate surface area is 227 Å². The molecule has 0 bridgehead atoms. The topological polar surface area (TPSA) is 53.2 Å². The van der Waals surface area contributed by atoms with Crippen molar-refractivity contribution in [2.45, 2.75) is 87.0 Å². The van der Waals surface area contributed by atoms with Crippen LogP contribution in [0.2, 0.25) is 0 Å². The lowest BCUT2D eigenvalue weighted by molar-refractivity contribution is 0.214. The van der Waals surface area contributed by atoms with Crippen molar-refractivity contribution in [1.29, 1.82) is 0 Å². The number of benzene rings is 1. The SMILES string of the molecule is C=CCC.CC(C)=C(C)C.CC/C(OC)=C(\C)c1nc2c(C)cc(C3CCN(CCNC)CC3)cc2[nH]1. The molecule has 1 aromatic heterocycles. The molecular weight excluding hydrogens is 456 g/mol. The molecule has 1 aliphatic rings. The lowest BCUT2D eigenvalue weighted by Gasteiger charge is -2.32. The Bertz CT molecular complexity index is 999. The van der Waals surface area contributed by atoms with Gasteiger partial charge in [-0.3, -0.25) is 0 Å². The number of hydrogen-bond donors (Lipinski definition) is 2. The first kappa shape index (κ1) is 32.7. The van der Waals surface area contributed by atoms with Gasteiger partial charge in [-0.2, -0.15) is 0 Å². The molecule has 3 rings (SSSR count). The van der Waals surface area contributed by atoms with E-state index in [9.17, 15) is 0 Å². The molecule has 2 N–H and O–H groups in total. The monoisotopic (exact) mass is 510 g/mol. The first-order valence-corrected chi connectivity index (χ1v) is 14.0. The van der Waals surface area contributed by atoms with Gasteiger partial charge in [0, 0.05) is 25.1 Å². The zero-order chi connectivity index (χ0) is 28.0. The second-order valence-electron chi connectivity index (χ2n) is 10.3. The Balaban J connectivity index is 0.000000583. The van der Waals surface area contributed by atoms with Crippen LogP contribution in [0.15, 0.2) is 41.7 Å². The Morgan fingerprint density at radius 1 is 1.14 bits per heavy atom. The van der Waals surface area contributed by atoms with Crippen molar-refractivity contribution in [1.82, 2.24) is 20.2 Å². The predicted molar refractivity (Wildman–Crippen MR) is 163 cm³/mol. The molecule has 0 amide bonds. The van der Waals surface area contributed by atoms with Crippen molar-refractivity contribution in [2.75, 3.05) is 40.3 Å². The van der Waals surface area contributed by atoms with Gasteiger partial charge in [-0.25, -0.2) is 4.98 Å². The van der Waals surface area contributed by atoms with Gasteiger partial charge in [0.05, 0.1) is 18.1 Å². The van der Waals surface area contributed by atoms with Gasteiger partial charge in [0.15, 0.2) is 0 Å². The summed E-state index contributed by atoms with van der Waals surface area (Å²) in [7, 11) is 3.76. The number of allylic oxidation sites excluding steroid dienone is 5. The molecule has 0 aliphatic carbocycles. The quantitative estimate of drug-likeness (QED) is 0.279. The van der Waals surface area contributed by atoms with Crippen molar-refractivity contribution in [2.24, 2.45) is 0 Å². The van der Waals surface area contributed by atoms with E-state index in [1.54, 1.807) is 7.11 Å². The summed E-state index contributed by atoms with van der Waals surface area (Å²) < 4.78 is 5.51. The first-order chi connectivity index (χ1) is 17.6. The van der Waals surface area contributed by atoms with Crippen molar-refractivity contribution >= 4 is 16.6 Å². The highest BCUT2D eigenvalue weighted by Gasteiger charge is 2.21. The standard InChI is InChI=1S/C22H34N4O.C6H12.C4H8/c1-6-20(27-5)16(3)22-24-19-14-18(13-15(2)21(19)25-22)17-7-10-26(11-8-17)12-9-23-4;1-5(2)6(3)4;1-3-4-2/h13-14,17,23H,6-12H2,1-5H3,(H,24,25);1-4H3;3H,1,4H2,2H3/b20-16-;;. The fourth-order valence-corrected chi connectivity index (χ4v) is 4.19. The lowest BCUT2D eigenvalue weighted by atomic mass is 9.88. The zero-order valence-electron chi connectivity index (χ0n) is 25.5. The van der Waals surface area contributed by atoms with E-state index in [1.807, 2.05) is 13.1 Å². The summed E-state index contributed by atoms with van der Waals surface area (Å²) in [6.07, 6.45) is 6.30. The third kappa shape index (κ3) is 10.5. The number of piperidine rings is 1. The zero-order valence-corrected chi connectivity index (χ0v) is 25.5. The number of ether oxygens (including phenoxy) is 1. The third-order valence-electron chi connectivity index (χ3n) is 7.17. The molecule has 0 unspecified atom stereocenters. The Hall–Kier alpha value is -2.37. The van der Waals surface area contributed by atoms with E-state index in [2.05, 4.69) is 89.3 Å². The first-order valence-electron chi connectivity index (χ1n) is 14.0. The van der Waals surface area contributed by atoms with Crippen molar-refractivity contribution < 1.29 is 4.74 Å². The minimum Gasteiger partial charge on any atom is -0.501 e. The number of likely N-dealkylation sites (tertiary alicyclic amines) is 1. The molecule has 1 fully saturated rings. The molecule has 37 heavy (non-hydrogen) atoms. The molecule has 208 valence electrons. The average Bonchev–Trinajstić information content (AvgIpc) is 3.34. The minimum atomic E-state index is 0.646. The lowest BCUT2D eigenvalue weighted by Crippen LogP contribution is -2.37. The van der Waals surface area contributed by atoms with E-state index in [4.69, 9.17) is 9.72 Å². The number of aryl methyl sites for hydroxylation is 1. The van der Waals surface area contributed by atoms with Gasteiger partial charge in [0.25, 0.3) is 0 Å². The number of likely N-dealkylation sites (N-methyl/N-ethyl adjacent to an activating group) is 1. The van der Waals surface area contributed by atoms with E-state index in [1.165, 1.54) is 48.2 Å². The number of nitrogens with zero attached hydrogens (tertiary/aromatic N) is 2. The van der Waals surface area contributed by atoms with Crippen LogP contribution in [0.5, 0.6) is 0 Å². The summed E-state index contributed by atoms with van der Waals surface area (Å²) in [4.78, 5) is 11.0. The van der Waals surface area contributed by atoms with Gasteiger partial charge < -0.3 is 19.9 Å². The molecule has 0 radical (unpaired) electrons. The third-order valence-corrected chi connectivity index (χ3v) is 7.17. The second kappa shape index (κ2) is 17.2. The van der Waals surface area contributed by atoms with Crippen LogP contribution in [0.25, 0.3) is 16.6 Å². The van der Waals surface area contributed by atoms with Crippen LogP contribution in [0.1, 0.15) is 97.0 Å². The number of methoxy groups -OCH3 is 1.